The van der Waals surface area contributed by atoms with E-state index in [4.69, 9.17) is 17.3 Å². The first-order valence-electron chi connectivity index (χ1n) is 5.25. The van der Waals surface area contributed by atoms with Gasteiger partial charge >= 0.3 is 0 Å². The third kappa shape index (κ3) is 2.95. The fourth-order valence-corrected chi connectivity index (χ4v) is 1.53. The molecule has 2 heterocycles. The summed E-state index contributed by atoms with van der Waals surface area (Å²) in [5.74, 6) is -0.0475. The molecule has 2 aromatic heterocycles. The van der Waals surface area contributed by atoms with Crippen LogP contribution in [0.3, 0.4) is 0 Å². The first kappa shape index (κ1) is 12.3. The summed E-state index contributed by atoms with van der Waals surface area (Å²) in [5, 5.41) is 3.01. The van der Waals surface area contributed by atoms with E-state index in [0.29, 0.717) is 12.1 Å². The van der Waals surface area contributed by atoms with Gasteiger partial charge in [-0.15, -0.1) is 0 Å². The van der Waals surface area contributed by atoms with E-state index in [9.17, 15) is 4.79 Å². The van der Waals surface area contributed by atoms with Gasteiger partial charge < -0.3 is 11.1 Å². The molecule has 0 bridgehead atoms. The van der Waals surface area contributed by atoms with Gasteiger partial charge in [-0.3, -0.25) is 9.78 Å². The second-order valence-electron chi connectivity index (χ2n) is 3.64. The van der Waals surface area contributed by atoms with E-state index >= 15 is 0 Å². The number of nitrogens with one attached hydrogen (secondary N) is 1. The number of nitrogens with zero attached hydrogens (tertiary/aromatic N) is 2. The molecule has 0 saturated heterocycles. The molecule has 0 atom stereocenters. The molecule has 3 N–H and O–H groups in total. The quantitative estimate of drug-likeness (QED) is 0.881. The van der Waals surface area contributed by atoms with Crippen molar-refractivity contribution in [1.82, 2.24) is 15.3 Å². The van der Waals surface area contributed by atoms with Crippen LogP contribution in [0.5, 0.6) is 0 Å². The first-order chi connectivity index (χ1) is 8.66. The standard InChI is InChI=1S/C12H11ClN4O/c13-10-4-9(7-16-11(10)14)12(18)17-6-8-2-1-3-15-5-8/h1-5,7H,6H2,(H2,14,16)(H,17,18). The van der Waals surface area contributed by atoms with Crippen molar-refractivity contribution in [2.24, 2.45) is 0 Å². The molecule has 6 heteroatoms. The summed E-state index contributed by atoms with van der Waals surface area (Å²) in [6.07, 6.45) is 4.75. The van der Waals surface area contributed by atoms with E-state index < -0.39 is 0 Å². The van der Waals surface area contributed by atoms with Crippen molar-refractivity contribution >= 4 is 23.3 Å². The summed E-state index contributed by atoms with van der Waals surface area (Å²) in [4.78, 5) is 19.6. The highest BCUT2D eigenvalue weighted by Gasteiger charge is 2.08. The fraction of sp³-hybridized carbons (Fsp3) is 0.0833. The van der Waals surface area contributed by atoms with Gasteiger partial charge in [-0.2, -0.15) is 0 Å². The zero-order valence-electron chi connectivity index (χ0n) is 9.43. The van der Waals surface area contributed by atoms with Crippen LogP contribution >= 0.6 is 11.6 Å². The van der Waals surface area contributed by atoms with E-state index in [0.717, 1.165) is 5.56 Å². The molecule has 2 rings (SSSR count). The average molecular weight is 263 g/mol. The number of anilines is 1. The Bertz CT molecular complexity index is 559. The fourth-order valence-electron chi connectivity index (χ4n) is 1.36. The highest BCUT2D eigenvalue weighted by Crippen LogP contribution is 2.16. The minimum absolute atomic E-state index is 0.209. The predicted molar refractivity (Wildman–Crippen MR) is 69.1 cm³/mol. The number of halogens is 1. The largest absolute Gasteiger partial charge is 0.382 e. The van der Waals surface area contributed by atoms with Crippen LogP contribution in [-0.4, -0.2) is 15.9 Å². The minimum Gasteiger partial charge on any atom is -0.382 e. The third-order valence-corrected chi connectivity index (χ3v) is 2.61. The molecule has 2 aromatic rings. The highest BCUT2D eigenvalue weighted by atomic mass is 35.5. The predicted octanol–water partition coefficient (Wildman–Crippen LogP) is 1.64. The second kappa shape index (κ2) is 5.46. The van der Waals surface area contributed by atoms with Gasteiger partial charge in [-0.25, -0.2) is 4.98 Å². The van der Waals surface area contributed by atoms with Crippen molar-refractivity contribution in [3.05, 3.63) is 52.9 Å². The van der Waals surface area contributed by atoms with Crippen molar-refractivity contribution < 1.29 is 4.79 Å². The average Bonchev–Trinajstić information content (AvgIpc) is 2.40. The van der Waals surface area contributed by atoms with Crippen LogP contribution in [0.4, 0.5) is 5.82 Å². The van der Waals surface area contributed by atoms with Crippen molar-refractivity contribution in [3.63, 3.8) is 0 Å². The van der Waals surface area contributed by atoms with E-state index in [-0.39, 0.29) is 16.7 Å². The zero-order chi connectivity index (χ0) is 13.0. The number of hydrogen-bond donors (Lipinski definition) is 2. The molecule has 0 unspecified atom stereocenters. The van der Waals surface area contributed by atoms with Gasteiger partial charge in [0.25, 0.3) is 5.91 Å². The smallest absolute Gasteiger partial charge is 0.253 e. The Kier molecular flexibility index (Phi) is 3.74. The molecule has 18 heavy (non-hydrogen) atoms. The molecule has 0 spiro atoms. The number of amides is 1. The first-order valence-corrected chi connectivity index (χ1v) is 5.63. The van der Waals surface area contributed by atoms with Crippen LogP contribution in [0, 0.1) is 0 Å². The monoisotopic (exact) mass is 262 g/mol. The van der Waals surface area contributed by atoms with Crippen molar-refractivity contribution in [2.75, 3.05) is 5.73 Å². The third-order valence-electron chi connectivity index (χ3n) is 2.31. The van der Waals surface area contributed by atoms with Crippen LogP contribution < -0.4 is 11.1 Å². The molecular formula is C12H11ClN4O. The highest BCUT2D eigenvalue weighted by molar-refractivity contribution is 6.33. The van der Waals surface area contributed by atoms with Gasteiger partial charge in [0.15, 0.2) is 0 Å². The Balaban J connectivity index is 2.02. The van der Waals surface area contributed by atoms with Crippen LogP contribution in [0.15, 0.2) is 36.8 Å². The lowest BCUT2D eigenvalue weighted by Gasteiger charge is -2.05. The zero-order valence-corrected chi connectivity index (χ0v) is 10.2. The summed E-state index contributed by atoms with van der Waals surface area (Å²) in [7, 11) is 0. The molecule has 0 saturated carbocycles. The number of nitrogen functional groups attached to an aromatic ring is 1. The van der Waals surface area contributed by atoms with Crippen molar-refractivity contribution in [3.8, 4) is 0 Å². The molecule has 5 nitrogen and oxygen atoms in total. The Morgan fingerprint density at radius 2 is 2.28 bits per heavy atom. The molecule has 1 amide bonds. The van der Waals surface area contributed by atoms with Gasteiger partial charge in [0, 0.05) is 25.1 Å². The number of pyridine rings is 2. The number of carbonyl (C=O) groups excluding carboxylic acids is 1. The summed E-state index contributed by atoms with van der Waals surface area (Å²) < 4.78 is 0. The maximum Gasteiger partial charge on any atom is 0.253 e. The van der Waals surface area contributed by atoms with E-state index in [1.807, 2.05) is 12.1 Å². The van der Waals surface area contributed by atoms with Crippen LogP contribution in [0.25, 0.3) is 0 Å². The number of aromatic nitrogens is 2. The molecule has 0 aliphatic carbocycles. The van der Waals surface area contributed by atoms with Crippen LogP contribution in [0.1, 0.15) is 15.9 Å². The molecule has 0 fully saturated rings. The summed E-state index contributed by atoms with van der Waals surface area (Å²) >= 11 is 5.80. The molecule has 0 radical (unpaired) electrons. The summed E-state index contributed by atoms with van der Waals surface area (Å²) in [5.41, 5.74) is 6.76. The van der Waals surface area contributed by atoms with Gasteiger partial charge in [0.2, 0.25) is 0 Å². The SMILES string of the molecule is Nc1ncc(C(=O)NCc2cccnc2)cc1Cl. The van der Waals surface area contributed by atoms with Crippen LogP contribution in [0.2, 0.25) is 5.02 Å². The van der Waals surface area contributed by atoms with E-state index in [1.165, 1.54) is 12.3 Å². The lowest BCUT2D eigenvalue weighted by molar-refractivity contribution is 0.0950. The summed E-state index contributed by atoms with van der Waals surface area (Å²) in [6.45, 7) is 0.397. The lowest BCUT2D eigenvalue weighted by atomic mass is 10.2. The molecule has 0 aliphatic heterocycles. The van der Waals surface area contributed by atoms with Gasteiger partial charge in [0.1, 0.15) is 5.82 Å². The van der Waals surface area contributed by atoms with E-state index in [2.05, 4.69) is 15.3 Å². The number of rotatable bonds is 3. The topological polar surface area (TPSA) is 80.9 Å². The Hall–Kier alpha value is -2.14. The summed E-state index contributed by atoms with van der Waals surface area (Å²) in [6, 6.07) is 5.17. The Morgan fingerprint density at radius 1 is 1.44 bits per heavy atom. The van der Waals surface area contributed by atoms with Crippen molar-refractivity contribution in [1.29, 1.82) is 0 Å². The Labute approximate surface area is 109 Å². The molecular weight excluding hydrogens is 252 g/mol. The lowest BCUT2D eigenvalue weighted by Crippen LogP contribution is -2.23. The molecule has 92 valence electrons. The number of hydrogen-bond acceptors (Lipinski definition) is 4. The van der Waals surface area contributed by atoms with E-state index in [1.54, 1.807) is 12.4 Å². The van der Waals surface area contributed by atoms with Gasteiger partial charge in [0.05, 0.1) is 10.6 Å². The van der Waals surface area contributed by atoms with Crippen LogP contribution in [-0.2, 0) is 6.54 Å². The Morgan fingerprint density at radius 3 is 2.94 bits per heavy atom. The second-order valence-corrected chi connectivity index (χ2v) is 4.04. The van der Waals surface area contributed by atoms with Crippen molar-refractivity contribution in [2.45, 2.75) is 6.54 Å². The maximum atomic E-state index is 11.8. The minimum atomic E-state index is -0.256. The van der Waals surface area contributed by atoms with Gasteiger partial charge in [-0.05, 0) is 17.7 Å². The molecule has 0 aliphatic rings. The number of nitrogens with two attached hydrogens (primary N) is 1. The van der Waals surface area contributed by atoms with Gasteiger partial charge in [-0.1, -0.05) is 17.7 Å². The molecule has 0 aromatic carbocycles. The normalized spacial score (nSPS) is 10.1. The maximum absolute atomic E-state index is 11.8. The number of carbonyl (C=O) groups is 1.